The normalized spacial score (nSPS) is 11.7. The van der Waals surface area contributed by atoms with Crippen LogP contribution >= 0.6 is 0 Å². The van der Waals surface area contributed by atoms with Crippen LogP contribution in [0.1, 0.15) is 0 Å². The summed E-state index contributed by atoms with van der Waals surface area (Å²) in [6, 6.07) is 142. The number of benzene rings is 19. The van der Waals surface area contributed by atoms with Crippen molar-refractivity contribution in [2.45, 2.75) is 0 Å². The van der Waals surface area contributed by atoms with E-state index in [1.54, 1.807) is 0 Å². The van der Waals surface area contributed by atoms with Crippen LogP contribution in [-0.4, -0.2) is 29.9 Å². The van der Waals surface area contributed by atoms with Gasteiger partial charge in [0.15, 0.2) is 34.9 Å². The maximum Gasteiger partial charge on any atom is 0.167 e. The predicted molar refractivity (Wildman–Crippen MR) is 486 cm³/mol. The van der Waals surface area contributed by atoms with E-state index in [0.29, 0.717) is 51.7 Å². The van der Waals surface area contributed by atoms with E-state index in [9.17, 15) is 0 Å². The monoisotopic (exact) mass is 1500 g/mol. The van der Waals surface area contributed by atoms with Crippen LogP contribution in [0.4, 0.5) is 0 Å². The minimum Gasteiger partial charge on any atom is -0.455 e. The summed E-state index contributed by atoms with van der Waals surface area (Å²) >= 11 is 0. The van der Waals surface area contributed by atoms with Gasteiger partial charge in [0.1, 0.15) is 22.3 Å². The van der Waals surface area contributed by atoms with E-state index in [0.717, 1.165) is 149 Å². The maximum atomic E-state index is 7.12. The Morgan fingerprint density at radius 1 is 0.136 bits per heavy atom. The summed E-state index contributed by atoms with van der Waals surface area (Å²) in [6.07, 6.45) is 0. The molecule has 0 saturated heterocycles. The molecule has 548 valence electrons. The molecule has 23 aromatic rings. The van der Waals surface area contributed by atoms with Crippen LogP contribution in [0.25, 0.3) is 244 Å². The van der Waals surface area contributed by atoms with Gasteiger partial charge in [-0.1, -0.05) is 334 Å². The number of nitrogens with zero attached hydrogens (tertiary/aromatic N) is 6. The van der Waals surface area contributed by atoms with Gasteiger partial charge in [0, 0.05) is 43.8 Å². The molecule has 0 saturated carbocycles. The van der Waals surface area contributed by atoms with E-state index < -0.39 is 0 Å². The largest absolute Gasteiger partial charge is 0.455 e. The van der Waals surface area contributed by atoms with Gasteiger partial charge in [0.2, 0.25) is 0 Å². The van der Waals surface area contributed by atoms with Crippen molar-refractivity contribution < 1.29 is 8.83 Å². The Balaban J connectivity index is 0.710. The van der Waals surface area contributed by atoms with Gasteiger partial charge in [0.25, 0.3) is 0 Å². The molecule has 0 radical (unpaired) electrons. The lowest BCUT2D eigenvalue weighted by Gasteiger charge is -2.16. The molecule has 0 N–H and O–H groups in total. The zero-order valence-corrected chi connectivity index (χ0v) is 63.6. The molecule has 23 rings (SSSR count). The third-order valence-corrected chi connectivity index (χ3v) is 23.4. The zero-order valence-electron chi connectivity index (χ0n) is 63.6. The molecule has 0 aliphatic carbocycles. The first-order valence-electron chi connectivity index (χ1n) is 39.9. The Labute approximate surface area is 678 Å². The summed E-state index contributed by atoms with van der Waals surface area (Å²) in [4.78, 5) is 33.8. The summed E-state index contributed by atoms with van der Waals surface area (Å²) in [5.41, 5.74) is 22.5. The van der Waals surface area contributed by atoms with Crippen LogP contribution in [0.2, 0.25) is 0 Å². The van der Waals surface area contributed by atoms with Crippen molar-refractivity contribution in [3.05, 3.63) is 400 Å². The Morgan fingerprint density at radius 2 is 0.492 bits per heavy atom. The van der Waals surface area contributed by atoms with Gasteiger partial charge >= 0.3 is 0 Å². The van der Waals surface area contributed by atoms with E-state index in [1.807, 2.05) is 36.4 Å². The quantitative estimate of drug-likeness (QED) is 0.105. The number of furan rings is 2. The van der Waals surface area contributed by atoms with Crippen LogP contribution in [0, 0.1) is 0 Å². The highest BCUT2D eigenvalue weighted by Gasteiger charge is 2.27. The molecule has 0 aliphatic heterocycles. The number of rotatable bonds is 13. The highest BCUT2D eigenvalue weighted by Crippen LogP contribution is 2.47. The van der Waals surface area contributed by atoms with E-state index in [2.05, 4.69) is 364 Å². The van der Waals surface area contributed by atoms with Crippen molar-refractivity contribution in [1.29, 1.82) is 0 Å². The standard InChI is InChI=1S/C110H66N6O2/c1-4-25-67(26-5-1)73-53-47-68-48-54-76(62-77(68)61-73)83-58-60-95(88-38-17-14-36-86(83)88)106-111-105(93-42-19-12-32-79(93)69-27-6-2-7-28-69)114-110(115-106)100-66-78(65-98-91-41-21-23-46-102(91)118-104(98)100)74-55-56-82(70-29-8-3-9-30-70)99(63-74)109-113-107(112-108(116-109)96-44-24-43-92-90-40-20-22-45-101(90)117-103(92)96)94-59-57-81(85-35-13-16-37-87(85)94)71-49-51-72(52-50-71)97-64-75-31-10-11-33-80(75)84-34-15-18-39-89(84)97/h1-66H. The maximum absolute atomic E-state index is 7.12. The second kappa shape index (κ2) is 28.0. The van der Waals surface area contributed by atoms with Gasteiger partial charge in [-0.3, -0.25) is 0 Å². The smallest absolute Gasteiger partial charge is 0.167 e. The van der Waals surface area contributed by atoms with Crippen molar-refractivity contribution in [2.75, 3.05) is 0 Å². The Bertz CT molecular complexity index is 7990. The molecular formula is C110H66N6O2. The summed E-state index contributed by atoms with van der Waals surface area (Å²) in [7, 11) is 0. The minimum absolute atomic E-state index is 0.448. The molecule has 0 fully saturated rings. The van der Waals surface area contributed by atoms with E-state index in [4.69, 9.17) is 38.7 Å². The van der Waals surface area contributed by atoms with Crippen molar-refractivity contribution >= 4 is 97.7 Å². The Kier molecular flexibility index (Phi) is 16.1. The molecule has 0 amide bonds. The van der Waals surface area contributed by atoms with Crippen molar-refractivity contribution in [2.24, 2.45) is 0 Å². The molecule has 0 unspecified atom stereocenters. The van der Waals surface area contributed by atoms with E-state index in [-0.39, 0.29) is 0 Å². The van der Waals surface area contributed by atoms with Crippen LogP contribution < -0.4 is 0 Å². The summed E-state index contributed by atoms with van der Waals surface area (Å²) < 4.78 is 14.0. The first-order valence-corrected chi connectivity index (χ1v) is 39.9. The molecule has 118 heavy (non-hydrogen) atoms. The lowest BCUT2D eigenvalue weighted by Crippen LogP contribution is -2.02. The Morgan fingerprint density at radius 3 is 1.11 bits per heavy atom. The number of para-hydroxylation sites is 3. The summed E-state index contributed by atoms with van der Waals surface area (Å²) in [5.74, 6) is 2.94. The van der Waals surface area contributed by atoms with Crippen LogP contribution in [0.5, 0.6) is 0 Å². The third-order valence-electron chi connectivity index (χ3n) is 23.4. The highest BCUT2D eigenvalue weighted by molar-refractivity contribution is 6.16. The lowest BCUT2D eigenvalue weighted by atomic mass is 9.91. The van der Waals surface area contributed by atoms with Crippen molar-refractivity contribution in [3.8, 4) is 146 Å². The predicted octanol–water partition coefficient (Wildman–Crippen LogP) is 29.3. The minimum atomic E-state index is 0.448. The fourth-order valence-electron chi connectivity index (χ4n) is 17.7. The fraction of sp³-hybridized carbons (Fsp3) is 0. The lowest BCUT2D eigenvalue weighted by molar-refractivity contribution is 0.669. The van der Waals surface area contributed by atoms with Crippen LogP contribution in [0.3, 0.4) is 0 Å². The summed E-state index contributed by atoms with van der Waals surface area (Å²) in [5, 5.41) is 15.2. The molecule has 8 nitrogen and oxygen atoms in total. The van der Waals surface area contributed by atoms with Gasteiger partial charge in [-0.25, -0.2) is 29.9 Å². The highest BCUT2D eigenvalue weighted by atomic mass is 16.3. The summed E-state index contributed by atoms with van der Waals surface area (Å²) in [6.45, 7) is 0. The first kappa shape index (κ1) is 67.8. The van der Waals surface area contributed by atoms with Gasteiger partial charge in [-0.05, 0) is 198 Å². The Hall–Kier alpha value is -15.9. The van der Waals surface area contributed by atoms with E-state index in [1.165, 1.54) is 43.6 Å². The van der Waals surface area contributed by atoms with Gasteiger partial charge in [0.05, 0.1) is 11.1 Å². The average molecular weight is 1500 g/mol. The molecule has 19 aromatic carbocycles. The second-order valence-electron chi connectivity index (χ2n) is 30.3. The molecule has 8 heteroatoms. The molecule has 0 aliphatic rings. The molecule has 4 heterocycles. The number of hydrogen-bond acceptors (Lipinski definition) is 8. The second-order valence-corrected chi connectivity index (χ2v) is 30.3. The van der Waals surface area contributed by atoms with Gasteiger partial charge < -0.3 is 8.83 Å². The number of fused-ring (bicyclic) bond motifs is 12. The number of hydrogen-bond donors (Lipinski definition) is 0. The topological polar surface area (TPSA) is 104 Å². The molecule has 0 spiro atoms. The zero-order chi connectivity index (χ0) is 77.7. The number of aromatic nitrogens is 6. The first-order chi connectivity index (χ1) is 58.5. The average Bonchev–Trinajstić information content (AvgIpc) is 1.19. The third kappa shape index (κ3) is 11.7. The molecule has 0 atom stereocenters. The van der Waals surface area contributed by atoms with Crippen molar-refractivity contribution in [1.82, 2.24) is 29.9 Å². The van der Waals surface area contributed by atoms with Crippen molar-refractivity contribution in [3.63, 3.8) is 0 Å². The van der Waals surface area contributed by atoms with Gasteiger partial charge in [-0.2, -0.15) is 0 Å². The van der Waals surface area contributed by atoms with E-state index >= 15 is 0 Å². The molecule has 0 bridgehead atoms. The fourth-order valence-corrected chi connectivity index (χ4v) is 17.7. The van der Waals surface area contributed by atoms with Gasteiger partial charge in [-0.15, -0.1) is 0 Å². The molecule has 4 aromatic heterocycles. The van der Waals surface area contributed by atoms with Crippen LogP contribution in [-0.2, 0) is 0 Å². The van der Waals surface area contributed by atoms with Crippen LogP contribution in [0.15, 0.2) is 409 Å². The SMILES string of the molecule is c1ccc(-c2ccc3ccc(-c4ccc(-c5nc(-c6ccccc6-c6ccccc6)nc(-c6cc(-c7ccc(-c8ccccc8)c(-c8nc(-c9ccc(-c%10ccc(-c%11cc%12ccccc%12c%12ccccc%11%12)cc%10)c%10ccccc9%10)nc(-c9cccc%10c9oc9ccccc9%10)n8)c7)cc7c6oc6ccccc67)n5)c5ccccc45)cc3c2)cc1. The molecular weight excluding hydrogens is 1440 g/mol.